The zero-order valence-corrected chi connectivity index (χ0v) is 17.1. The molecule has 0 atom stereocenters. The highest BCUT2D eigenvalue weighted by Crippen LogP contribution is 2.38. The quantitative estimate of drug-likeness (QED) is 0.641. The lowest BCUT2D eigenvalue weighted by Gasteiger charge is -2.27. The van der Waals surface area contributed by atoms with Gasteiger partial charge in [0, 0.05) is 29.7 Å². The predicted octanol–water partition coefficient (Wildman–Crippen LogP) is 3.60. The normalized spacial score (nSPS) is 13.0. The molecule has 0 bridgehead atoms. The molecule has 1 aliphatic rings. The Labute approximate surface area is 174 Å². The minimum absolute atomic E-state index is 0.135. The number of aryl methyl sites for hydroxylation is 2. The number of carbonyl (C=O) groups excluding carboxylic acids is 2. The van der Waals surface area contributed by atoms with Gasteiger partial charge in [0.2, 0.25) is 0 Å². The monoisotopic (exact) mass is 403 g/mol. The minimum atomic E-state index is -0.677. The Hall–Kier alpha value is -3.59. The van der Waals surface area contributed by atoms with Crippen molar-refractivity contribution in [2.24, 2.45) is 5.73 Å². The van der Waals surface area contributed by atoms with Crippen LogP contribution in [-0.2, 0) is 17.8 Å². The molecule has 0 saturated heterocycles. The molecule has 152 valence electrons. The molecule has 0 aliphatic carbocycles. The van der Waals surface area contributed by atoms with Gasteiger partial charge in [-0.3, -0.25) is 9.59 Å². The van der Waals surface area contributed by atoms with Gasteiger partial charge in [-0.05, 0) is 67.5 Å². The average molecular weight is 403 g/mol. The van der Waals surface area contributed by atoms with Gasteiger partial charge in [0.25, 0.3) is 11.8 Å². The Morgan fingerprint density at radius 1 is 1.20 bits per heavy atom. The number of carbonyl (C=O) groups is 2. The maximum absolute atomic E-state index is 15.2. The van der Waals surface area contributed by atoms with Crippen LogP contribution in [0.25, 0.3) is 22.0 Å². The molecule has 5 nitrogen and oxygen atoms in total. The van der Waals surface area contributed by atoms with Crippen molar-refractivity contribution < 1.29 is 14.0 Å². The van der Waals surface area contributed by atoms with E-state index in [2.05, 4.69) is 16.8 Å². The van der Waals surface area contributed by atoms with Crippen LogP contribution >= 0.6 is 0 Å². The molecule has 0 spiro atoms. The molecule has 4 rings (SSSR count). The third-order valence-corrected chi connectivity index (χ3v) is 5.82. The van der Waals surface area contributed by atoms with Crippen molar-refractivity contribution in [3.05, 3.63) is 58.0 Å². The van der Waals surface area contributed by atoms with Crippen molar-refractivity contribution in [2.45, 2.75) is 33.7 Å². The number of nitrogens with two attached hydrogens (primary N) is 1. The van der Waals surface area contributed by atoms with Gasteiger partial charge in [0.05, 0.1) is 11.1 Å². The minimum Gasteiger partial charge on any atom is -0.366 e. The van der Waals surface area contributed by atoms with E-state index >= 15 is 4.39 Å². The molecule has 0 fully saturated rings. The second-order valence-electron chi connectivity index (χ2n) is 7.61. The van der Waals surface area contributed by atoms with E-state index in [-0.39, 0.29) is 11.5 Å². The van der Waals surface area contributed by atoms with E-state index in [1.54, 1.807) is 11.8 Å². The van der Waals surface area contributed by atoms with E-state index in [1.807, 2.05) is 32.0 Å². The van der Waals surface area contributed by atoms with Crippen molar-refractivity contribution in [3.63, 3.8) is 0 Å². The van der Waals surface area contributed by atoms with E-state index in [1.165, 1.54) is 6.07 Å². The maximum atomic E-state index is 15.2. The topological polar surface area (TPSA) is 79.2 Å². The van der Waals surface area contributed by atoms with E-state index in [0.717, 1.165) is 28.8 Å². The molecule has 3 N–H and O–H groups in total. The number of aromatic nitrogens is 1. The first-order valence-electron chi connectivity index (χ1n) is 9.76. The SMILES string of the molecule is CC#CC(=O)N1CCc2ccc(-c3c(F)cc(C(N)=O)c4[nH]c(C)c(C)c34)cc2C1. The smallest absolute Gasteiger partial charge is 0.298 e. The molecule has 6 heteroatoms. The molecule has 2 aromatic carbocycles. The van der Waals surface area contributed by atoms with Crippen molar-refractivity contribution in [1.29, 1.82) is 0 Å². The largest absolute Gasteiger partial charge is 0.366 e. The summed E-state index contributed by atoms with van der Waals surface area (Å²) in [5.41, 5.74) is 11.1. The summed E-state index contributed by atoms with van der Waals surface area (Å²) < 4.78 is 15.2. The number of hydrogen-bond acceptors (Lipinski definition) is 2. The molecule has 2 amide bonds. The van der Waals surface area contributed by atoms with E-state index in [4.69, 9.17) is 5.73 Å². The van der Waals surface area contributed by atoms with Crippen LogP contribution in [0, 0.1) is 31.5 Å². The molecule has 3 aromatic rings. The number of amides is 2. The summed E-state index contributed by atoms with van der Waals surface area (Å²) in [7, 11) is 0. The fraction of sp³-hybridized carbons (Fsp3) is 0.250. The van der Waals surface area contributed by atoms with Crippen molar-refractivity contribution >= 4 is 22.7 Å². The standard InChI is InChI=1S/C24H22FN3O2/c1-4-5-20(29)28-9-8-15-6-7-16(10-17(15)12-28)22-19(25)11-18(24(26)30)23-21(22)13(2)14(3)27-23/h6-7,10-11,27H,8-9,12H2,1-3H3,(H2,26,30). The summed E-state index contributed by atoms with van der Waals surface area (Å²) >= 11 is 0. The van der Waals surface area contributed by atoms with Gasteiger partial charge < -0.3 is 15.6 Å². The summed E-state index contributed by atoms with van der Waals surface area (Å²) in [5, 5.41) is 0.654. The molecule has 30 heavy (non-hydrogen) atoms. The highest BCUT2D eigenvalue weighted by molar-refractivity contribution is 6.10. The van der Waals surface area contributed by atoms with Gasteiger partial charge in [-0.1, -0.05) is 18.1 Å². The molecular formula is C24H22FN3O2. The highest BCUT2D eigenvalue weighted by Gasteiger charge is 2.24. The number of primary amides is 1. The van der Waals surface area contributed by atoms with Crippen LogP contribution < -0.4 is 5.73 Å². The van der Waals surface area contributed by atoms with Gasteiger partial charge in [0.15, 0.2) is 0 Å². The van der Waals surface area contributed by atoms with E-state index < -0.39 is 11.7 Å². The Morgan fingerprint density at radius 3 is 2.67 bits per heavy atom. The van der Waals surface area contributed by atoms with Crippen molar-refractivity contribution in [3.8, 4) is 23.0 Å². The molecule has 1 aliphatic heterocycles. The first-order valence-corrected chi connectivity index (χ1v) is 9.76. The molecule has 0 radical (unpaired) electrons. The van der Waals surface area contributed by atoms with Gasteiger partial charge in [-0.15, -0.1) is 0 Å². The van der Waals surface area contributed by atoms with Crippen LogP contribution in [0.4, 0.5) is 4.39 Å². The zero-order chi connectivity index (χ0) is 21.6. The van der Waals surface area contributed by atoms with Crippen LogP contribution in [-0.4, -0.2) is 28.2 Å². The summed E-state index contributed by atoms with van der Waals surface area (Å²) in [5.74, 6) is 3.84. The fourth-order valence-electron chi connectivity index (χ4n) is 4.17. The number of rotatable bonds is 2. The number of hydrogen-bond donors (Lipinski definition) is 2. The highest BCUT2D eigenvalue weighted by atomic mass is 19.1. The summed E-state index contributed by atoms with van der Waals surface area (Å²) in [6, 6.07) is 7.00. The third-order valence-electron chi connectivity index (χ3n) is 5.82. The average Bonchev–Trinajstić information content (AvgIpc) is 3.01. The number of halogens is 1. The van der Waals surface area contributed by atoms with E-state index in [0.29, 0.717) is 35.1 Å². The maximum Gasteiger partial charge on any atom is 0.298 e. The molecular weight excluding hydrogens is 381 g/mol. The van der Waals surface area contributed by atoms with Crippen LogP contribution in [0.2, 0.25) is 0 Å². The van der Waals surface area contributed by atoms with Crippen molar-refractivity contribution in [1.82, 2.24) is 9.88 Å². The molecule has 0 saturated carbocycles. The van der Waals surface area contributed by atoms with Gasteiger partial charge in [-0.25, -0.2) is 4.39 Å². The number of aromatic amines is 1. The number of nitrogens with zero attached hydrogens (tertiary/aromatic N) is 1. The molecule has 2 heterocycles. The number of H-pyrrole nitrogens is 1. The third kappa shape index (κ3) is 3.13. The number of nitrogens with one attached hydrogen (secondary N) is 1. The lowest BCUT2D eigenvalue weighted by atomic mass is 9.91. The Kier molecular flexibility index (Phi) is 4.83. The lowest BCUT2D eigenvalue weighted by molar-refractivity contribution is -0.125. The summed E-state index contributed by atoms with van der Waals surface area (Å²) in [6.45, 7) is 6.46. The van der Waals surface area contributed by atoms with Crippen molar-refractivity contribution in [2.75, 3.05) is 6.54 Å². The Morgan fingerprint density at radius 2 is 1.97 bits per heavy atom. The lowest BCUT2D eigenvalue weighted by Crippen LogP contribution is -2.35. The second kappa shape index (κ2) is 7.34. The molecule has 0 unspecified atom stereocenters. The van der Waals surface area contributed by atoms with Crippen LogP contribution in [0.3, 0.4) is 0 Å². The first kappa shape index (κ1) is 19.7. The zero-order valence-electron chi connectivity index (χ0n) is 17.1. The van der Waals surface area contributed by atoms with Crippen LogP contribution in [0.1, 0.15) is 39.7 Å². The van der Waals surface area contributed by atoms with Gasteiger partial charge >= 0.3 is 0 Å². The number of benzene rings is 2. The Balaban J connectivity index is 1.88. The van der Waals surface area contributed by atoms with Gasteiger partial charge in [0.1, 0.15) is 5.82 Å². The summed E-state index contributed by atoms with van der Waals surface area (Å²) in [4.78, 5) is 28.9. The molecule has 1 aromatic heterocycles. The van der Waals surface area contributed by atoms with Crippen LogP contribution in [0.15, 0.2) is 24.3 Å². The second-order valence-corrected chi connectivity index (χ2v) is 7.61. The number of fused-ring (bicyclic) bond motifs is 2. The van der Waals surface area contributed by atoms with Gasteiger partial charge in [-0.2, -0.15) is 0 Å². The van der Waals surface area contributed by atoms with E-state index in [9.17, 15) is 9.59 Å². The van der Waals surface area contributed by atoms with Crippen LogP contribution in [0.5, 0.6) is 0 Å². The Bertz CT molecular complexity index is 1280. The first-order chi connectivity index (χ1) is 14.3. The predicted molar refractivity (Wildman–Crippen MR) is 114 cm³/mol. The summed E-state index contributed by atoms with van der Waals surface area (Å²) in [6.07, 6.45) is 0.730. The fourth-order valence-corrected chi connectivity index (χ4v) is 4.17.